The fourth-order valence-electron chi connectivity index (χ4n) is 4.88. The first kappa shape index (κ1) is 25.1. The van der Waals surface area contributed by atoms with Crippen LogP contribution >= 0.6 is 34.2 Å². The molecule has 1 fully saturated rings. The minimum absolute atomic E-state index is 0.0444. The summed E-state index contributed by atoms with van der Waals surface area (Å²) in [6, 6.07) is 9.89. The van der Waals surface area contributed by atoms with Crippen molar-refractivity contribution in [1.29, 1.82) is 0 Å². The van der Waals surface area contributed by atoms with Crippen molar-refractivity contribution >= 4 is 39.3 Å². The van der Waals surface area contributed by atoms with Gasteiger partial charge in [0.1, 0.15) is 5.75 Å². The maximum absolute atomic E-state index is 12.1. The van der Waals surface area contributed by atoms with Gasteiger partial charge in [-0.1, -0.05) is 17.4 Å². The van der Waals surface area contributed by atoms with E-state index in [2.05, 4.69) is 75.8 Å². The number of anilines is 1. The summed E-state index contributed by atoms with van der Waals surface area (Å²) in [4.78, 5) is 14.3. The van der Waals surface area contributed by atoms with E-state index in [1.165, 1.54) is 0 Å². The van der Waals surface area contributed by atoms with Crippen LogP contribution in [0.1, 0.15) is 40.5 Å². The number of halogens is 1. The molecule has 0 saturated carbocycles. The first-order valence-electron chi connectivity index (χ1n) is 11.3. The maximum Gasteiger partial charge on any atom is 0.250 e. The summed E-state index contributed by atoms with van der Waals surface area (Å²) in [5.41, 5.74) is 2.82. The van der Waals surface area contributed by atoms with Crippen molar-refractivity contribution in [2.45, 2.75) is 57.7 Å². The molecule has 0 spiro atoms. The summed E-state index contributed by atoms with van der Waals surface area (Å²) in [6.45, 7) is 9.23. The van der Waals surface area contributed by atoms with Gasteiger partial charge in [0.25, 0.3) is 5.56 Å². The van der Waals surface area contributed by atoms with Crippen LogP contribution in [0, 0.1) is 0 Å². The minimum atomic E-state index is -0.0444. The van der Waals surface area contributed by atoms with Gasteiger partial charge in [-0.3, -0.25) is 4.79 Å². The summed E-state index contributed by atoms with van der Waals surface area (Å²) in [5, 5.41) is 10.8. The quantitative estimate of drug-likeness (QED) is 0.292. The standard InChI is InChI=1S/C25H32IN5O2S/c1-24(2)14-18(15-25(3,4)31(24)26)30(6)23-28-27-22(34-23)19-9-8-16(12-20(19)33-7)17-10-11-29(5)21(32)13-17/h8-13,18H,14-15H2,1-7H3. The van der Waals surface area contributed by atoms with Gasteiger partial charge in [0.15, 0.2) is 5.01 Å². The van der Waals surface area contributed by atoms with Gasteiger partial charge >= 0.3 is 0 Å². The molecule has 34 heavy (non-hydrogen) atoms. The van der Waals surface area contributed by atoms with Crippen LogP contribution in [0.25, 0.3) is 21.7 Å². The third-order valence-corrected chi connectivity index (χ3v) is 10.3. The lowest BCUT2D eigenvalue weighted by atomic mass is 9.79. The topological polar surface area (TPSA) is 63.5 Å². The smallest absolute Gasteiger partial charge is 0.250 e. The van der Waals surface area contributed by atoms with Gasteiger partial charge in [-0.15, -0.1) is 10.2 Å². The zero-order valence-corrected chi connectivity index (χ0v) is 23.8. The minimum Gasteiger partial charge on any atom is -0.496 e. The second kappa shape index (κ2) is 9.23. The zero-order valence-electron chi connectivity index (χ0n) is 20.8. The molecule has 0 bridgehead atoms. The number of hydrogen-bond donors (Lipinski definition) is 0. The molecule has 9 heteroatoms. The van der Waals surface area contributed by atoms with Crippen LogP contribution in [-0.4, -0.2) is 49.2 Å². The number of nitrogens with zero attached hydrogens (tertiary/aromatic N) is 5. The molecule has 0 amide bonds. The first-order chi connectivity index (χ1) is 15.9. The number of rotatable bonds is 5. The largest absolute Gasteiger partial charge is 0.496 e. The fraction of sp³-hybridized carbons (Fsp3) is 0.480. The molecule has 0 atom stereocenters. The monoisotopic (exact) mass is 593 g/mol. The van der Waals surface area contributed by atoms with E-state index >= 15 is 0 Å². The van der Waals surface area contributed by atoms with Gasteiger partial charge in [-0.05, 0) is 69.9 Å². The Bertz CT molecular complexity index is 1230. The summed E-state index contributed by atoms with van der Waals surface area (Å²) in [5.74, 6) is 0.712. The zero-order chi connectivity index (χ0) is 24.8. The molecular weight excluding hydrogens is 561 g/mol. The molecule has 3 heterocycles. The molecule has 182 valence electrons. The third-order valence-electron chi connectivity index (χ3n) is 6.67. The van der Waals surface area contributed by atoms with E-state index in [9.17, 15) is 4.79 Å². The average molecular weight is 594 g/mol. The molecule has 1 saturated heterocycles. The maximum atomic E-state index is 12.1. The van der Waals surface area contributed by atoms with Gasteiger partial charge in [-0.25, -0.2) is 3.11 Å². The average Bonchev–Trinajstić information content (AvgIpc) is 3.28. The molecule has 0 radical (unpaired) electrons. The molecule has 4 rings (SSSR count). The summed E-state index contributed by atoms with van der Waals surface area (Å²) >= 11 is 4.06. The Hall–Kier alpha value is -1.98. The van der Waals surface area contributed by atoms with Crippen LogP contribution < -0.4 is 15.2 Å². The van der Waals surface area contributed by atoms with Crippen molar-refractivity contribution in [2.75, 3.05) is 19.1 Å². The number of methoxy groups -OCH3 is 1. The second-order valence-electron chi connectivity index (χ2n) is 10.2. The van der Waals surface area contributed by atoms with Crippen LogP contribution in [0.2, 0.25) is 0 Å². The lowest BCUT2D eigenvalue weighted by molar-refractivity contribution is 0.0724. The van der Waals surface area contributed by atoms with Crippen molar-refractivity contribution in [3.63, 3.8) is 0 Å². The van der Waals surface area contributed by atoms with Gasteiger partial charge in [0.05, 0.1) is 12.7 Å². The third kappa shape index (κ3) is 4.74. The molecule has 0 aliphatic carbocycles. The highest BCUT2D eigenvalue weighted by Gasteiger charge is 2.45. The number of aryl methyl sites for hydroxylation is 1. The van der Waals surface area contributed by atoms with Crippen LogP contribution in [0.4, 0.5) is 5.13 Å². The molecule has 1 aliphatic rings. The summed E-state index contributed by atoms with van der Waals surface area (Å²) in [7, 11) is 5.52. The second-order valence-corrected chi connectivity index (χ2v) is 12.2. The molecule has 1 aliphatic heterocycles. The number of piperidine rings is 1. The first-order valence-corrected chi connectivity index (χ1v) is 13.1. The number of aromatic nitrogens is 3. The molecule has 3 aromatic rings. The van der Waals surface area contributed by atoms with E-state index in [4.69, 9.17) is 4.74 Å². The Balaban J connectivity index is 1.61. The van der Waals surface area contributed by atoms with E-state index in [0.29, 0.717) is 11.8 Å². The fourth-order valence-corrected chi connectivity index (χ4v) is 6.18. The lowest BCUT2D eigenvalue weighted by Gasteiger charge is -2.53. The Labute approximate surface area is 219 Å². The number of benzene rings is 1. The van der Waals surface area contributed by atoms with Crippen LogP contribution in [0.15, 0.2) is 41.3 Å². The van der Waals surface area contributed by atoms with Crippen molar-refractivity contribution in [3.8, 4) is 27.4 Å². The van der Waals surface area contributed by atoms with Crippen LogP contribution in [0.3, 0.4) is 0 Å². The Kier molecular flexibility index (Phi) is 6.82. The Morgan fingerprint density at radius 3 is 2.35 bits per heavy atom. The number of hydrogen-bond acceptors (Lipinski definition) is 7. The van der Waals surface area contributed by atoms with E-state index < -0.39 is 0 Å². The van der Waals surface area contributed by atoms with Gasteiger partial charge in [0, 0.05) is 66.3 Å². The summed E-state index contributed by atoms with van der Waals surface area (Å²) in [6.07, 6.45) is 3.88. The van der Waals surface area contributed by atoms with Crippen molar-refractivity contribution in [3.05, 3.63) is 46.9 Å². The van der Waals surface area contributed by atoms with Crippen LogP contribution in [0.5, 0.6) is 5.75 Å². The van der Waals surface area contributed by atoms with Crippen LogP contribution in [-0.2, 0) is 7.05 Å². The van der Waals surface area contributed by atoms with Crippen molar-refractivity contribution in [1.82, 2.24) is 17.9 Å². The molecular formula is C25H32IN5O2S. The predicted octanol–water partition coefficient (Wildman–Crippen LogP) is 5.39. The Morgan fingerprint density at radius 1 is 1.09 bits per heavy atom. The van der Waals surface area contributed by atoms with E-state index in [-0.39, 0.29) is 16.6 Å². The molecule has 2 aromatic heterocycles. The van der Waals surface area contributed by atoms with Gasteiger partial charge in [0.2, 0.25) is 5.13 Å². The predicted molar refractivity (Wildman–Crippen MR) is 148 cm³/mol. The van der Waals surface area contributed by atoms with Gasteiger partial charge in [-0.2, -0.15) is 0 Å². The SMILES string of the molecule is COc1cc(-c2ccn(C)c(=O)c2)ccc1-c1nnc(N(C)C2CC(C)(C)N(I)C(C)(C)C2)s1. The highest BCUT2D eigenvalue weighted by atomic mass is 127. The number of ether oxygens (including phenoxy) is 1. The summed E-state index contributed by atoms with van der Waals surface area (Å²) < 4.78 is 9.72. The van der Waals surface area contributed by atoms with E-state index in [0.717, 1.165) is 39.7 Å². The normalized spacial score (nSPS) is 18.1. The van der Waals surface area contributed by atoms with E-state index in [1.54, 1.807) is 42.3 Å². The highest BCUT2D eigenvalue weighted by Crippen LogP contribution is 2.44. The molecule has 1 aromatic carbocycles. The van der Waals surface area contributed by atoms with E-state index in [1.807, 2.05) is 24.3 Å². The number of pyridine rings is 1. The molecule has 7 nitrogen and oxygen atoms in total. The van der Waals surface area contributed by atoms with Gasteiger partial charge < -0.3 is 14.2 Å². The highest BCUT2D eigenvalue weighted by molar-refractivity contribution is 14.1. The Morgan fingerprint density at radius 2 is 1.74 bits per heavy atom. The lowest BCUT2D eigenvalue weighted by Crippen LogP contribution is -2.59. The van der Waals surface area contributed by atoms with Crippen molar-refractivity contribution < 1.29 is 4.74 Å². The van der Waals surface area contributed by atoms with Crippen molar-refractivity contribution in [2.24, 2.45) is 7.05 Å². The molecule has 0 N–H and O–H groups in total. The molecule has 0 unspecified atom stereocenters.